The van der Waals surface area contributed by atoms with Crippen LogP contribution in [0.3, 0.4) is 0 Å². The predicted octanol–water partition coefficient (Wildman–Crippen LogP) is 4.32. The van der Waals surface area contributed by atoms with E-state index in [1.807, 2.05) is 51.1 Å². The first-order valence-electron chi connectivity index (χ1n) is 9.41. The second-order valence-electron chi connectivity index (χ2n) is 6.81. The van der Waals surface area contributed by atoms with Crippen molar-refractivity contribution in [2.24, 2.45) is 0 Å². The molecule has 1 aliphatic rings. The Morgan fingerprint density at radius 3 is 2.57 bits per heavy atom. The lowest BCUT2D eigenvalue weighted by Crippen LogP contribution is -2.27. The molecule has 1 amide bonds. The van der Waals surface area contributed by atoms with Crippen LogP contribution in [0.2, 0.25) is 0 Å². The third kappa shape index (κ3) is 3.53. The highest BCUT2D eigenvalue weighted by Crippen LogP contribution is 2.34. The highest BCUT2D eigenvalue weighted by Gasteiger charge is 2.31. The zero-order valence-corrected chi connectivity index (χ0v) is 18.3. The number of hydrogen-bond donors (Lipinski definition) is 0. The van der Waals surface area contributed by atoms with Crippen molar-refractivity contribution in [1.29, 1.82) is 0 Å². The third-order valence-corrected chi connectivity index (χ3v) is 6.19. The summed E-state index contributed by atoms with van der Waals surface area (Å²) in [7, 11) is 0. The van der Waals surface area contributed by atoms with Gasteiger partial charge in [-0.1, -0.05) is 48.2 Å². The molecule has 4 rings (SSSR count). The van der Waals surface area contributed by atoms with Gasteiger partial charge in [-0.3, -0.25) is 18.9 Å². The number of pyridine rings is 1. The number of para-hydroxylation sites is 1. The second-order valence-corrected chi connectivity index (χ2v) is 8.49. The molecule has 1 aliphatic heterocycles. The molecule has 0 bridgehead atoms. The van der Waals surface area contributed by atoms with Crippen LogP contribution >= 0.6 is 24.0 Å². The minimum absolute atomic E-state index is 0.158. The Morgan fingerprint density at radius 1 is 1.13 bits per heavy atom. The van der Waals surface area contributed by atoms with Crippen LogP contribution in [-0.4, -0.2) is 31.1 Å². The summed E-state index contributed by atoms with van der Waals surface area (Å²) in [5.41, 5.74) is 2.15. The summed E-state index contributed by atoms with van der Waals surface area (Å²) < 4.78 is 8.01. The summed E-state index contributed by atoms with van der Waals surface area (Å²) in [4.78, 5) is 32.5. The number of carbonyl (C=O) groups excluding carboxylic acids is 1. The number of amides is 1. The largest absolute Gasteiger partial charge is 0.438 e. The van der Waals surface area contributed by atoms with Gasteiger partial charge < -0.3 is 4.74 Å². The number of ether oxygens (including phenoxy) is 1. The Bertz CT molecular complexity index is 1280. The maximum Gasteiger partial charge on any atom is 0.269 e. The third-order valence-electron chi connectivity index (χ3n) is 4.81. The molecule has 0 saturated carbocycles. The van der Waals surface area contributed by atoms with Gasteiger partial charge in [-0.05, 0) is 50.1 Å². The number of rotatable bonds is 4. The van der Waals surface area contributed by atoms with Gasteiger partial charge in [0.05, 0.1) is 4.91 Å². The molecule has 8 heteroatoms. The second kappa shape index (κ2) is 8.04. The van der Waals surface area contributed by atoms with E-state index in [0.717, 1.165) is 11.1 Å². The fraction of sp³-hybridized carbons (Fsp3) is 0.182. The van der Waals surface area contributed by atoms with E-state index in [4.69, 9.17) is 17.0 Å². The van der Waals surface area contributed by atoms with Gasteiger partial charge in [-0.2, -0.15) is 4.98 Å². The molecule has 2 aromatic heterocycles. The van der Waals surface area contributed by atoms with Crippen molar-refractivity contribution in [2.45, 2.75) is 20.8 Å². The number of likely N-dealkylation sites (N-methyl/N-ethyl adjacent to an activating group) is 1. The van der Waals surface area contributed by atoms with Crippen molar-refractivity contribution in [3.05, 3.63) is 74.5 Å². The van der Waals surface area contributed by atoms with Crippen molar-refractivity contribution in [3.8, 4) is 11.6 Å². The standard InChI is InChI=1S/C22H19N3O3S2/c1-4-24-21(27)17(30-22(24)29)12-15-19(28-16-10-6-5-8-13(16)2)23-18-14(3)9-7-11-25(18)20(15)26/h5-12H,4H2,1-3H3/b17-12+. The Balaban J connectivity index is 1.93. The Hall–Kier alpha value is -2.97. The van der Waals surface area contributed by atoms with Crippen molar-refractivity contribution in [3.63, 3.8) is 0 Å². The molecule has 3 aromatic rings. The summed E-state index contributed by atoms with van der Waals surface area (Å²) in [6.07, 6.45) is 3.19. The molecular formula is C22H19N3O3S2. The van der Waals surface area contributed by atoms with Gasteiger partial charge in [0.15, 0.2) is 0 Å². The quantitative estimate of drug-likeness (QED) is 0.447. The zero-order valence-electron chi connectivity index (χ0n) is 16.7. The molecule has 1 fully saturated rings. The lowest BCUT2D eigenvalue weighted by atomic mass is 10.2. The highest BCUT2D eigenvalue weighted by molar-refractivity contribution is 8.26. The van der Waals surface area contributed by atoms with Gasteiger partial charge in [0.25, 0.3) is 11.5 Å². The topological polar surface area (TPSA) is 63.9 Å². The monoisotopic (exact) mass is 437 g/mol. The van der Waals surface area contributed by atoms with Crippen LogP contribution in [0.25, 0.3) is 11.7 Å². The van der Waals surface area contributed by atoms with Crippen LogP contribution in [-0.2, 0) is 4.79 Å². The number of aryl methyl sites for hydroxylation is 2. The Morgan fingerprint density at radius 2 is 1.87 bits per heavy atom. The van der Waals surface area contributed by atoms with Gasteiger partial charge in [0, 0.05) is 12.7 Å². The normalized spacial score (nSPS) is 15.4. The van der Waals surface area contributed by atoms with Crippen LogP contribution < -0.4 is 10.3 Å². The summed E-state index contributed by atoms with van der Waals surface area (Å²) in [6.45, 7) is 6.13. The number of carbonyl (C=O) groups is 1. The molecule has 152 valence electrons. The molecule has 1 saturated heterocycles. The van der Waals surface area contributed by atoms with E-state index in [1.165, 1.54) is 27.1 Å². The number of benzene rings is 1. The highest BCUT2D eigenvalue weighted by atomic mass is 32.2. The summed E-state index contributed by atoms with van der Waals surface area (Å²) in [5.74, 6) is 0.534. The number of aromatic nitrogens is 2. The maximum atomic E-state index is 13.3. The van der Waals surface area contributed by atoms with Crippen LogP contribution in [0.15, 0.2) is 52.3 Å². The maximum absolute atomic E-state index is 13.3. The summed E-state index contributed by atoms with van der Waals surface area (Å²) in [6, 6.07) is 11.2. The molecule has 6 nitrogen and oxygen atoms in total. The summed E-state index contributed by atoms with van der Waals surface area (Å²) in [5, 5.41) is 0. The lowest BCUT2D eigenvalue weighted by Gasteiger charge is -2.13. The number of thioether (sulfide) groups is 1. The zero-order chi connectivity index (χ0) is 21.4. The van der Waals surface area contributed by atoms with Gasteiger partial charge in [-0.15, -0.1) is 0 Å². The molecule has 0 aliphatic carbocycles. The first kappa shape index (κ1) is 20.3. The molecule has 0 spiro atoms. The molecule has 0 radical (unpaired) electrons. The van der Waals surface area contributed by atoms with Crippen LogP contribution in [0, 0.1) is 13.8 Å². The molecule has 1 aromatic carbocycles. The van der Waals surface area contributed by atoms with Gasteiger partial charge in [-0.25, -0.2) is 0 Å². The smallest absolute Gasteiger partial charge is 0.269 e. The fourth-order valence-corrected chi connectivity index (χ4v) is 4.54. The SMILES string of the molecule is CCN1C(=O)/C(=C\c2c(Oc3ccccc3C)nc3c(C)cccn3c2=O)SC1=S. The first-order valence-corrected chi connectivity index (χ1v) is 10.6. The molecular weight excluding hydrogens is 418 g/mol. The number of fused-ring (bicyclic) bond motifs is 1. The molecule has 0 unspecified atom stereocenters. The number of nitrogens with zero attached hydrogens (tertiary/aromatic N) is 3. The van der Waals surface area contributed by atoms with E-state index in [2.05, 4.69) is 4.98 Å². The van der Waals surface area contributed by atoms with Gasteiger partial charge >= 0.3 is 0 Å². The molecule has 30 heavy (non-hydrogen) atoms. The van der Waals surface area contributed by atoms with E-state index < -0.39 is 0 Å². The predicted molar refractivity (Wildman–Crippen MR) is 123 cm³/mol. The fourth-order valence-electron chi connectivity index (χ4n) is 3.17. The van der Waals surface area contributed by atoms with E-state index in [-0.39, 0.29) is 22.9 Å². The van der Waals surface area contributed by atoms with Crippen molar-refractivity contribution in [2.75, 3.05) is 6.54 Å². The van der Waals surface area contributed by atoms with E-state index in [1.54, 1.807) is 12.3 Å². The Kier molecular flexibility index (Phi) is 5.44. The van der Waals surface area contributed by atoms with Crippen LogP contribution in [0.4, 0.5) is 0 Å². The lowest BCUT2D eigenvalue weighted by molar-refractivity contribution is -0.121. The molecule has 0 atom stereocenters. The molecule has 0 N–H and O–H groups in total. The minimum atomic E-state index is -0.311. The van der Waals surface area contributed by atoms with E-state index >= 15 is 0 Å². The van der Waals surface area contributed by atoms with Crippen molar-refractivity contribution < 1.29 is 9.53 Å². The Labute approximate surface area is 183 Å². The summed E-state index contributed by atoms with van der Waals surface area (Å²) >= 11 is 6.46. The average molecular weight is 438 g/mol. The van der Waals surface area contributed by atoms with Crippen LogP contribution in [0.1, 0.15) is 23.6 Å². The first-order chi connectivity index (χ1) is 14.4. The van der Waals surface area contributed by atoms with Gasteiger partial charge in [0.1, 0.15) is 21.3 Å². The minimum Gasteiger partial charge on any atom is -0.438 e. The van der Waals surface area contributed by atoms with Gasteiger partial charge in [0.2, 0.25) is 5.88 Å². The molecule has 3 heterocycles. The average Bonchev–Trinajstić information content (AvgIpc) is 2.99. The van der Waals surface area contributed by atoms with Crippen molar-refractivity contribution >= 4 is 45.9 Å². The van der Waals surface area contributed by atoms with Crippen LogP contribution in [0.5, 0.6) is 11.6 Å². The number of hydrogen-bond acceptors (Lipinski definition) is 6. The number of thiocarbonyl (C=S) groups is 1. The van der Waals surface area contributed by atoms with Crippen molar-refractivity contribution in [1.82, 2.24) is 14.3 Å². The van der Waals surface area contributed by atoms with E-state index in [9.17, 15) is 9.59 Å². The van der Waals surface area contributed by atoms with E-state index in [0.29, 0.717) is 27.2 Å².